The summed E-state index contributed by atoms with van der Waals surface area (Å²) in [5.41, 5.74) is 1.69. The number of aliphatic hydroxyl groups excluding tert-OH is 1. The van der Waals surface area contributed by atoms with Gasteiger partial charge in [0.05, 0.1) is 18.9 Å². The van der Waals surface area contributed by atoms with E-state index in [1.165, 1.54) is 0 Å². The molecule has 0 aliphatic heterocycles. The molecule has 20 heavy (non-hydrogen) atoms. The number of benzene rings is 1. The topological polar surface area (TPSA) is 47.3 Å². The summed E-state index contributed by atoms with van der Waals surface area (Å²) in [6.45, 7) is 4.27. The van der Waals surface area contributed by atoms with Crippen LogP contribution in [0.2, 0.25) is 0 Å². The molecule has 108 valence electrons. The van der Waals surface area contributed by atoms with Crippen LogP contribution in [0.25, 0.3) is 0 Å². The first-order valence-corrected chi connectivity index (χ1v) is 7.00. The summed E-state index contributed by atoms with van der Waals surface area (Å²) in [5.74, 6) is 0.710. The lowest BCUT2D eigenvalue weighted by molar-refractivity contribution is 0.172. The number of methoxy groups -OCH3 is 1. The van der Waals surface area contributed by atoms with Crippen molar-refractivity contribution in [3.63, 3.8) is 0 Å². The molecule has 2 rings (SSSR count). The van der Waals surface area contributed by atoms with E-state index in [0.29, 0.717) is 18.2 Å². The Bertz CT molecular complexity index is 551. The maximum absolute atomic E-state index is 10.4. The minimum absolute atomic E-state index is 0.382. The SMILES string of the molecule is CCC(C)n1ccc(CC(O)c2ccccc2OC)n1. The van der Waals surface area contributed by atoms with Gasteiger partial charge < -0.3 is 9.84 Å². The number of para-hydroxylation sites is 1. The number of aliphatic hydroxyl groups is 1. The van der Waals surface area contributed by atoms with Crippen LogP contribution in [0.5, 0.6) is 5.75 Å². The van der Waals surface area contributed by atoms with Gasteiger partial charge in [-0.25, -0.2) is 0 Å². The van der Waals surface area contributed by atoms with Crippen molar-refractivity contribution in [2.75, 3.05) is 7.11 Å². The van der Waals surface area contributed by atoms with Gasteiger partial charge in [-0.05, 0) is 25.5 Å². The fourth-order valence-electron chi connectivity index (χ4n) is 2.17. The summed E-state index contributed by atoms with van der Waals surface area (Å²) in [6, 6.07) is 9.88. The molecule has 0 saturated carbocycles. The zero-order valence-electron chi connectivity index (χ0n) is 12.3. The molecule has 2 unspecified atom stereocenters. The molecule has 0 radical (unpaired) electrons. The number of hydrogen-bond acceptors (Lipinski definition) is 3. The van der Waals surface area contributed by atoms with Gasteiger partial charge in [0, 0.05) is 24.2 Å². The van der Waals surface area contributed by atoms with E-state index in [0.717, 1.165) is 17.7 Å². The lowest BCUT2D eigenvalue weighted by atomic mass is 10.0. The smallest absolute Gasteiger partial charge is 0.124 e. The predicted molar refractivity (Wildman–Crippen MR) is 78.9 cm³/mol. The monoisotopic (exact) mass is 274 g/mol. The molecular weight excluding hydrogens is 252 g/mol. The van der Waals surface area contributed by atoms with Crippen LogP contribution in [-0.4, -0.2) is 22.0 Å². The van der Waals surface area contributed by atoms with Crippen LogP contribution < -0.4 is 4.74 Å². The van der Waals surface area contributed by atoms with E-state index in [4.69, 9.17) is 4.74 Å². The van der Waals surface area contributed by atoms with Crippen molar-refractivity contribution in [3.05, 3.63) is 47.8 Å². The summed E-state index contributed by atoms with van der Waals surface area (Å²) in [6.07, 6.45) is 2.89. The number of ether oxygens (including phenoxy) is 1. The van der Waals surface area contributed by atoms with Crippen LogP contribution in [0.4, 0.5) is 0 Å². The molecule has 1 aromatic heterocycles. The molecule has 2 aromatic rings. The van der Waals surface area contributed by atoms with Crippen LogP contribution in [-0.2, 0) is 6.42 Å². The zero-order valence-corrected chi connectivity index (χ0v) is 12.3. The molecule has 4 nitrogen and oxygen atoms in total. The van der Waals surface area contributed by atoms with E-state index in [1.807, 2.05) is 41.2 Å². The fraction of sp³-hybridized carbons (Fsp3) is 0.438. The number of aromatic nitrogens is 2. The Labute approximate surface area is 120 Å². The molecule has 0 amide bonds. The van der Waals surface area contributed by atoms with Gasteiger partial charge in [-0.2, -0.15) is 5.10 Å². The van der Waals surface area contributed by atoms with Crippen LogP contribution in [0.3, 0.4) is 0 Å². The van der Waals surface area contributed by atoms with Gasteiger partial charge in [0.15, 0.2) is 0 Å². The summed E-state index contributed by atoms with van der Waals surface area (Å²) in [7, 11) is 1.61. The second-order valence-corrected chi connectivity index (χ2v) is 5.01. The zero-order chi connectivity index (χ0) is 14.5. The Morgan fingerprint density at radius 2 is 2.05 bits per heavy atom. The molecule has 1 aromatic carbocycles. The van der Waals surface area contributed by atoms with Gasteiger partial charge in [0.2, 0.25) is 0 Å². The second-order valence-electron chi connectivity index (χ2n) is 5.01. The van der Waals surface area contributed by atoms with E-state index in [2.05, 4.69) is 18.9 Å². The molecule has 0 aliphatic rings. The predicted octanol–water partition coefficient (Wildman–Crippen LogP) is 3.14. The third-order valence-corrected chi connectivity index (χ3v) is 3.61. The maximum Gasteiger partial charge on any atom is 0.124 e. The van der Waals surface area contributed by atoms with Crippen molar-refractivity contribution in [1.82, 2.24) is 9.78 Å². The van der Waals surface area contributed by atoms with Crippen LogP contribution in [0.15, 0.2) is 36.5 Å². The van der Waals surface area contributed by atoms with Gasteiger partial charge in [-0.15, -0.1) is 0 Å². The highest BCUT2D eigenvalue weighted by Crippen LogP contribution is 2.27. The average molecular weight is 274 g/mol. The minimum atomic E-state index is -0.605. The number of nitrogens with zero attached hydrogens (tertiary/aromatic N) is 2. The van der Waals surface area contributed by atoms with Gasteiger partial charge in [-0.1, -0.05) is 25.1 Å². The minimum Gasteiger partial charge on any atom is -0.496 e. The summed E-state index contributed by atoms with van der Waals surface area (Å²) in [4.78, 5) is 0. The van der Waals surface area contributed by atoms with E-state index in [-0.39, 0.29) is 0 Å². The molecule has 4 heteroatoms. The fourth-order valence-corrected chi connectivity index (χ4v) is 2.17. The highest BCUT2D eigenvalue weighted by Gasteiger charge is 2.15. The summed E-state index contributed by atoms with van der Waals surface area (Å²) < 4.78 is 7.23. The molecule has 1 N–H and O–H groups in total. The Kier molecular flexibility index (Phi) is 4.79. The molecule has 0 saturated heterocycles. The molecule has 0 bridgehead atoms. The Balaban J connectivity index is 2.11. The van der Waals surface area contributed by atoms with Crippen molar-refractivity contribution in [2.45, 2.75) is 38.8 Å². The lowest BCUT2D eigenvalue weighted by Crippen LogP contribution is -2.07. The Morgan fingerprint density at radius 3 is 2.75 bits per heavy atom. The van der Waals surface area contributed by atoms with Gasteiger partial charge >= 0.3 is 0 Å². The van der Waals surface area contributed by atoms with Gasteiger partial charge in [0.25, 0.3) is 0 Å². The van der Waals surface area contributed by atoms with Crippen molar-refractivity contribution < 1.29 is 9.84 Å². The number of hydrogen-bond donors (Lipinski definition) is 1. The van der Waals surface area contributed by atoms with E-state index >= 15 is 0 Å². The van der Waals surface area contributed by atoms with Gasteiger partial charge in [0.1, 0.15) is 5.75 Å². The van der Waals surface area contributed by atoms with Gasteiger partial charge in [-0.3, -0.25) is 4.68 Å². The maximum atomic E-state index is 10.4. The van der Waals surface area contributed by atoms with Crippen molar-refractivity contribution in [2.24, 2.45) is 0 Å². The standard InChI is InChI=1S/C16H22N2O2/c1-4-12(2)18-10-9-13(17-18)11-15(19)14-7-5-6-8-16(14)20-3/h5-10,12,15,19H,4,11H2,1-3H3. The summed E-state index contributed by atoms with van der Waals surface area (Å²) in [5, 5.41) is 14.9. The largest absolute Gasteiger partial charge is 0.496 e. The first-order valence-electron chi connectivity index (χ1n) is 7.00. The average Bonchev–Trinajstić information content (AvgIpc) is 2.94. The quantitative estimate of drug-likeness (QED) is 0.880. The lowest BCUT2D eigenvalue weighted by Gasteiger charge is -2.13. The third kappa shape index (κ3) is 3.20. The van der Waals surface area contributed by atoms with Crippen LogP contribution in [0.1, 0.15) is 43.7 Å². The van der Waals surface area contributed by atoms with Crippen molar-refractivity contribution in [1.29, 1.82) is 0 Å². The number of rotatable bonds is 6. The molecule has 1 heterocycles. The van der Waals surface area contributed by atoms with Crippen molar-refractivity contribution >= 4 is 0 Å². The molecule has 0 aliphatic carbocycles. The van der Waals surface area contributed by atoms with Crippen LogP contribution >= 0.6 is 0 Å². The molecule has 0 spiro atoms. The Morgan fingerprint density at radius 1 is 1.30 bits per heavy atom. The van der Waals surface area contributed by atoms with Crippen LogP contribution in [0, 0.1) is 0 Å². The first kappa shape index (κ1) is 14.6. The van der Waals surface area contributed by atoms with E-state index < -0.39 is 6.10 Å². The van der Waals surface area contributed by atoms with Crippen molar-refractivity contribution in [3.8, 4) is 5.75 Å². The first-order chi connectivity index (χ1) is 9.65. The second kappa shape index (κ2) is 6.57. The highest BCUT2D eigenvalue weighted by molar-refractivity contribution is 5.35. The molecular formula is C16H22N2O2. The highest BCUT2D eigenvalue weighted by atomic mass is 16.5. The van der Waals surface area contributed by atoms with E-state index in [9.17, 15) is 5.11 Å². The summed E-state index contributed by atoms with van der Waals surface area (Å²) >= 11 is 0. The third-order valence-electron chi connectivity index (χ3n) is 3.61. The molecule has 0 fully saturated rings. The van der Waals surface area contributed by atoms with E-state index in [1.54, 1.807) is 7.11 Å². The molecule has 2 atom stereocenters. The Hall–Kier alpha value is -1.81. The normalized spacial score (nSPS) is 14.0.